The average Bonchev–Trinajstić information content (AvgIpc) is 2.46. The van der Waals surface area contributed by atoms with Crippen molar-refractivity contribution in [1.82, 2.24) is 5.32 Å². The Labute approximate surface area is 132 Å². The Kier molecular flexibility index (Phi) is 6.09. The minimum absolute atomic E-state index is 0.475. The van der Waals surface area contributed by atoms with Gasteiger partial charge in [0.25, 0.3) is 0 Å². The quantitative estimate of drug-likeness (QED) is 0.770. The second-order valence-electron chi connectivity index (χ2n) is 5.37. The second kappa shape index (κ2) is 8.06. The van der Waals surface area contributed by atoms with Crippen molar-refractivity contribution in [2.24, 2.45) is 0 Å². The van der Waals surface area contributed by atoms with Gasteiger partial charge in [0.05, 0.1) is 0 Å². The van der Waals surface area contributed by atoms with Gasteiger partial charge < -0.3 is 10.1 Å². The number of ether oxygens (including phenoxy) is 1. The maximum atomic E-state index is 6.12. The van der Waals surface area contributed by atoms with Gasteiger partial charge in [-0.15, -0.1) is 0 Å². The van der Waals surface area contributed by atoms with Crippen molar-refractivity contribution in [3.63, 3.8) is 0 Å². The molecule has 0 aliphatic rings. The molecule has 0 saturated carbocycles. The molecule has 0 amide bonds. The molecule has 0 radical (unpaired) electrons. The summed E-state index contributed by atoms with van der Waals surface area (Å²) >= 11 is 6.12. The first-order valence-corrected chi connectivity index (χ1v) is 7.71. The van der Waals surface area contributed by atoms with E-state index in [1.165, 1.54) is 5.56 Å². The fourth-order valence-corrected chi connectivity index (χ4v) is 2.35. The normalized spacial score (nSPS) is 10.9. The summed E-state index contributed by atoms with van der Waals surface area (Å²) in [5, 5.41) is 4.09. The fraction of sp³-hybridized carbons (Fsp3) is 0.333. The molecule has 0 heterocycles. The highest BCUT2D eigenvalue weighted by molar-refractivity contribution is 6.30. The molecule has 0 atom stereocenters. The van der Waals surface area contributed by atoms with Gasteiger partial charge >= 0.3 is 0 Å². The molecule has 0 fully saturated rings. The smallest absolute Gasteiger partial charge is 0.122 e. The Morgan fingerprint density at radius 3 is 2.57 bits per heavy atom. The lowest BCUT2D eigenvalue weighted by molar-refractivity contribution is 0.306. The van der Waals surface area contributed by atoms with Crippen LogP contribution in [-0.2, 0) is 6.42 Å². The van der Waals surface area contributed by atoms with Crippen molar-refractivity contribution in [2.45, 2.75) is 26.3 Å². The predicted molar refractivity (Wildman–Crippen MR) is 89.3 cm³/mol. The van der Waals surface area contributed by atoms with Gasteiger partial charge in [0.15, 0.2) is 0 Å². The molecule has 0 bridgehead atoms. The topological polar surface area (TPSA) is 21.3 Å². The summed E-state index contributed by atoms with van der Waals surface area (Å²) in [4.78, 5) is 0. The van der Waals surface area contributed by atoms with Crippen LogP contribution >= 0.6 is 11.6 Å². The maximum absolute atomic E-state index is 6.12. The van der Waals surface area contributed by atoms with Crippen molar-refractivity contribution in [3.05, 3.63) is 64.7 Å². The van der Waals surface area contributed by atoms with Crippen molar-refractivity contribution >= 4 is 11.6 Å². The summed E-state index contributed by atoms with van der Waals surface area (Å²) in [6.07, 6.45) is 0.828. The van der Waals surface area contributed by atoms with E-state index < -0.39 is 0 Å². The van der Waals surface area contributed by atoms with Crippen LogP contribution in [0.15, 0.2) is 48.5 Å². The van der Waals surface area contributed by atoms with Gasteiger partial charge in [0.1, 0.15) is 12.4 Å². The average molecular weight is 304 g/mol. The summed E-state index contributed by atoms with van der Waals surface area (Å²) < 4.78 is 5.89. The van der Waals surface area contributed by atoms with Crippen LogP contribution in [0.5, 0.6) is 5.75 Å². The van der Waals surface area contributed by atoms with Gasteiger partial charge in [-0.05, 0) is 29.3 Å². The van der Waals surface area contributed by atoms with E-state index in [9.17, 15) is 0 Å². The van der Waals surface area contributed by atoms with E-state index in [0.717, 1.165) is 29.3 Å². The van der Waals surface area contributed by atoms with Gasteiger partial charge in [-0.3, -0.25) is 0 Å². The lowest BCUT2D eigenvalue weighted by Crippen LogP contribution is -2.27. The van der Waals surface area contributed by atoms with Crippen molar-refractivity contribution < 1.29 is 4.74 Å². The van der Waals surface area contributed by atoms with Crippen LogP contribution in [0.3, 0.4) is 0 Å². The summed E-state index contributed by atoms with van der Waals surface area (Å²) in [5.74, 6) is 0.911. The monoisotopic (exact) mass is 303 g/mol. The first-order valence-electron chi connectivity index (χ1n) is 7.33. The van der Waals surface area contributed by atoms with Crippen LogP contribution in [0.2, 0.25) is 5.02 Å². The lowest BCUT2D eigenvalue weighted by Gasteiger charge is -2.13. The van der Waals surface area contributed by atoms with Gasteiger partial charge in [-0.25, -0.2) is 0 Å². The standard InChI is InChI=1S/C18H22ClNO/c1-14(2)20-10-11-21-18-9-8-17(19)13-16(18)12-15-6-4-3-5-7-15/h3-9,13-14,20H,10-12H2,1-2H3. The first kappa shape index (κ1) is 15.9. The molecule has 112 valence electrons. The van der Waals surface area contributed by atoms with Gasteiger partial charge in [0, 0.05) is 24.0 Å². The zero-order valence-electron chi connectivity index (χ0n) is 12.6. The van der Waals surface area contributed by atoms with Gasteiger partial charge in [-0.2, -0.15) is 0 Å². The maximum Gasteiger partial charge on any atom is 0.122 e. The van der Waals surface area contributed by atoms with Gasteiger partial charge in [-0.1, -0.05) is 55.8 Å². The molecular formula is C18H22ClNO. The number of rotatable bonds is 7. The van der Waals surface area contributed by atoms with Crippen LogP contribution < -0.4 is 10.1 Å². The Morgan fingerprint density at radius 1 is 1.10 bits per heavy atom. The third kappa shape index (κ3) is 5.41. The summed E-state index contributed by atoms with van der Waals surface area (Å²) in [6, 6.07) is 16.6. The molecule has 21 heavy (non-hydrogen) atoms. The molecule has 0 unspecified atom stereocenters. The third-order valence-corrected chi connectivity index (χ3v) is 3.41. The zero-order chi connectivity index (χ0) is 15.1. The molecule has 0 aliphatic heterocycles. The molecule has 0 saturated heterocycles. The number of halogens is 1. The molecular weight excluding hydrogens is 282 g/mol. The molecule has 2 rings (SSSR count). The van der Waals surface area contributed by atoms with Crippen LogP contribution in [-0.4, -0.2) is 19.2 Å². The lowest BCUT2D eigenvalue weighted by atomic mass is 10.0. The molecule has 2 aromatic rings. The molecule has 0 aliphatic carbocycles. The summed E-state index contributed by atoms with van der Waals surface area (Å²) in [6.45, 7) is 5.75. The molecule has 2 nitrogen and oxygen atoms in total. The second-order valence-corrected chi connectivity index (χ2v) is 5.81. The van der Waals surface area contributed by atoms with Crippen molar-refractivity contribution in [3.8, 4) is 5.75 Å². The zero-order valence-corrected chi connectivity index (χ0v) is 13.4. The Hall–Kier alpha value is -1.51. The number of hydrogen-bond acceptors (Lipinski definition) is 2. The highest BCUT2D eigenvalue weighted by atomic mass is 35.5. The van der Waals surface area contributed by atoms with E-state index >= 15 is 0 Å². The van der Waals surface area contributed by atoms with E-state index in [4.69, 9.17) is 16.3 Å². The Balaban J connectivity index is 2.03. The molecule has 3 heteroatoms. The SMILES string of the molecule is CC(C)NCCOc1ccc(Cl)cc1Cc1ccccc1. The Morgan fingerprint density at radius 2 is 1.86 bits per heavy atom. The predicted octanol–water partition coefficient (Wildman–Crippen LogP) is 4.31. The van der Waals surface area contributed by atoms with E-state index in [0.29, 0.717) is 12.6 Å². The first-order chi connectivity index (χ1) is 10.1. The third-order valence-electron chi connectivity index (χ3n) is 3.17. The number of hydrogen-bond donors (Lipinski definition) is 1. The van der Waals surface area contributed by atoms with Crippen molar-refractivity contribution in [1.29, 1.82) is 0 Å². The van der Waals surface area contributed by atoms with Crippen LogP contribution in [0.1, 0.15) is 25.0 Å². The largest absolute Gasteiger partial charge is 0.492 e. The van der Waals surface area contributed by atoms with Crippen LogP contribution in [0.25, 0.3) is 0 Å². The van der Waals surface area contributed by atoms with E-state index in [1.807, 2.05) is 36.4 Å². The van der Waals surface area contributed by atoms with Gasteiger partial charge in [0.2, 0.25) is 0 Å². The Bertz CT molecular complexity index is 554. The number of nitrogens with one attached hydrogen (secondary N) is 1. The van der Waals surface area contributed by atoms with E-state index in [-0.39, 0.29) is 0 Å². The van der Waals surface area contributed by atoms with E-state index in [2.05, 4.69) is 31.3 Å². The molecule has 0 aromatic heterocycles. The van der Waals surface area contributed by atoms with Crippen LogP contribution in [0, 0.1) is 0 Å². The molecule has 2 aromatic carbocycles. The highest BCUT2D eigenvalue weighted by Crippen LogP contribution is 2.25. The molecule has 1 N–H and O–H groups in total. The summed E-state index contributed by atoms with van der Waals surface area (Å²) in [5.41, 5.74) is 2.38. The molecule has 0 spiro atoms. The van der Waals surface area contributed by atoms with Crippen molar-refractivity contribution in [2.75, 3.05) is 13.2 Å². The number of benzene rings is 2. The van der Waals surface area contributed by atoms with E-state index in [1.54, 1.807) is 0 Å². The minimum atomic E-state index is 0.475. The summed E-state index contributed by atoms with van der Waals surface area (Å²) in [7, 11) is 0. The minimum Gasteiger partial charge on any atom is -0.492 e. The highest BCUT2D eigenvalue weighted by Gasteiger charge is 2.06. The van der Waals surface area contributed by atoms with Crippen LogP contribution in [0.4, 0.5) is 0 Å². The fourth-order valence-electron chi connectivity index (χ4n) is 2.15.